The van der Waals surface area contributed by atoms with Gasteiger partial charge in [-0.15, -0.1) is 0 Å². The molecule has 2 N–H and O–H groups in total. The summed E-state index contributed by atoms with van der Waals surface area (Å²) < 4.78 is 74.9. The van der Waals surface area contributed by atoms with Gasteiger partial charge < -0.3 is 9.64 Å². The lowest BCUT2D eigenvalue weighted by Gasteiger charge is -2.26. The SMILES string of the molecule is O=C(Nc1cccc(S(=O)(=O)NCCN2CCCCC2)c1)Oc1cnn(-c2ccc(Cl)cc2)c1C(F)(F)F. The van der Waals surface area contributed by atoms with E-state index < -0.39 is 33.7 Å². The molecule has 0 spiro atoms. The van der Waals surface area contributed by atoms with Crippen LogP contribution in [0.5, 0.6) is 5.75 Å². The summed E-state index contributed by atoms with van der Waals surface area (Å²) >= 11 is 5.80. The third-order valence-corrected chi connectivity index (χ3v) is 7.55. The Morgan fingerprint density at radius 3 is 2.47 bits per heavy atom. The average Bonchev–Trinajstić information content (AvgIpc) is 3.29. The summed E-state index contributed by atoms with van der Waals surface area (Å²) in [5.74, 6) is -0.826. The molecule has 0 radical (unpaired) electrons. The van der Waals surface area contributed by atoms with Crippen LogP contribution in [0.25, 0.3) is 5.69 Å². The van der Waals surface area contributed by atoms with E-state index in [1.54, 1.807) is 0 Å². The summed E-state index contributed by atoms with van der Waals surface area (Å²) in [5, 5.41) is 6.30. The second kappa shape index (κ2) is 11.7. The number of alkyl halides is 3. The van der Waals surface area contributed by atoms with Gasteiger partial charge >= 0.3 is 12.3 Å². The standard InChI is InChI=1S/C24H25ClF3N5O4S/c25-17-7-9-19(10-8-17)33-22(24(26,27)28)21(16-29-33)37-23(34)31-18-5-4-6-20(15-18)38(35,36)30-11-14-32-12-2-1-3-13-32/h4-10,15-16,30H,1-3,11-14H2,(H,31,34). The van der Waals surface area contributed by atoms with E-state index in [2.05, 4.69) is 20.0 Å². The number of piperidine rings is 1. The van der Waals surface area contributed by atoms with Crippen molar-refractivity contribution < 1.29 is 31.1 Å². The number of aromatic nitrogens is 2. The number of ether oxygens (including phenoxy) is 1. The lowest BCUT2D eigenvalue weighted by atomic mass is 10.1. The van der Waals surface area contributed by atoms with Crippen molar-refractivity contribution in [3.8, 4) is 11.4 Å². The minimum atomic E-state index is -4.90. The van der Waals surface area contributed by atoms with E-state index >= 15 is 0 Å². The van der Waals surface area contributed by atoms with Gasteiger partial charge in [0.05, 0.1) is 16.8 Å². The number of carbonyl (C=O) groups excluding carboxylic acids is 1. The van der Waals surface area contributed by atoms with Gasteiger partial charge in [0.1, 0.15) is 0 Å². The van der Waals surface area contributed by atoms with Gasteiger partial charge in [-0.3, -0.25) is 5.32 Å². The zero-order valence-electron chi connectivity index (χ0n) is 20.0. The molecule has 38 heavy (non-hydrogen) atoms. The maximum absolute atomic E-state index is 13.8. The molecule has 0 saturated carbocycles. The fourth-order valence-corrected chi connectivity index (χ4v) is 5.23. The second-order valence-corrected chi connectivity index (χ2v) is 10.8. The fraction of sp³-hybridized carbons (Fsp3) is 0.333. The van der Waals surface area contributed by atoms with Crippen LogP contribution in [-0.4, -0.2) is 55.4 Å². The minimum Gasteiger partial charge on any atom is -0.406 e. The van der Waals surface area contributed by atoms with Crippen LogP contribution in [0, 0.1) is 0 Å². The molecule has 1 aromatic heterocycles. The highest BCUT2D eigenvalue weighted by Crippen LogP contribution is 2.38. The topological polar surface area (TPSA) is 106 Å². The van der Waals surface area contributed by atoms with Gasteiger partial charge in [0, 0.05) is 23.8 Å². The number of nitrogens with one attached hydrogen (secondary N) is 2. The third-order valence-electron chi connectivity index (χ3n) is 5.84. The first-order chi connectivity index (χ1) is 18.0. The molecule has 204 valence electrons. The number of carbonyl (C=O) groups is 1. The summed E-state index contributed by atoms with van der Waals surface area (Å²) in [7, 11) is -3.88. The van der Waals surface area contributed by atoms with Gasteiger partial charge in [-0.2, -0.15) is 18.3 Å². The maximum Gasteiger partial charge on any atom is 0.437 e. The summed E-state index contributed by atoms with van der Waals surface area (Å²) in [6.07, 6.45) is -2.04. The van der Waals surface area contributed by atoms with Gasteiger partial charge in [0.15, 0.2) is 11.4 Å². The Kier molecular flexibility index (Phi) is 8.61. The van der Waals surface area contributed by atoms with E-state index in [1.165, 1.54) is 55.0 Å². The first-order valence-corrected chi connectivity index (χ1v) is 13.6. The number of anilines is 1. The first kappa shape index (κ1) is 27.9. The third kappa shape index (κ3) is 7.04. The Morgan fingerprint density at radius 1 is 1.08 bits per heavy atom. The molecule has 1 aliphatic heterocycles. The largest absolute Gasteiger partial charge is 0.437 e. The second-order valence-electron chi connectivity index (χ2n) is 8.59. The van der Waals surface area contributed by atoms with Crippen molar-refractivity contribution in [3.63, 3.8) is 0 Å². The lowest BCUT2D eigenvalue weighted by Crippen LogP contribution is -2.37. The van der Waals surface area contributed by atoms with E-state index in [0.717, 1.165) is 32.1 Å². The molecule has 1 amide bonds. The molecule has 2 heterocycles. The average molecular weight is 572 g/mol. The van der Waals surface area contributed by atoms with E-state index in [9.17, 15) is 26.4 Å². The quantitative estimate of drug-likeness (QED) is 0.398. The van der Waals surface area contributed by atoms with Crippen LogP contribution >= 0.6 is 11.6 Å². The molecule has 2 aromatic carbocycles. The van der Waals surface area contributed by atoms with Crippen molar-refractivity contribution in [2.24, 2.45) is 0 Å². The Hall–Kier alpha value is -3.13. The van der Waals surface area contributed by atoms with Crippen molar-refractivity contribution in [1.29, 1.82) is 0 Å². The number of halogens is 4. The number of likely N-dealkylation sites (tertiary alicyclic amines) is 1. The fourth-order valence-electron chi connectivity index (χ4n) is 4.03. The van der Waals surface area contributed by atoms with Crippen LogP contribution in [0.3, 0.4) is 0 Å². The molecular formula is C24H25ClF3N5O4S. The number of nitrogens with zero attached hydrogens (tertiary/aromatic N) is 3. The van der Waals surface area contributed by atoms with Gasteiger partial charge in [-0.25, -0.2) is 22.6 Å². The Morgan fingerprint density at radius 2 is 1.79 bits per heavy atom. The van der Waals surface area contributed by atoms with E-state index in [4.69, 9.17) is 16.3 Å². The van der Waals surface area contributed by atoms with Gasteiger partial charge in [0.25, 0.3) is 0 Å². The molecule has 0 aliphatic carbocycles. The van der Waals surface area contributed by atoms with E-state index in [-0.39, 0.29) is 22.8 Å². The lowest BCUT2D eigenvalue weighted by molar-refractivity contribution is -0.143. The van der Waals surface area contributed by atoms with Crippen LogP contribution < -0.4 is 14.8 Å². The van der Waals surface area contributed by atoms with Crippen molar-refractivity contribution in [1.82, 2.24) is 19.4 Å². The summed E-state index contributed by atoms with van der Waals surface area (Å²) in [4.78, 5) is 14.5. The Balaban J connectivity index is 1.43. The monoisotopic (exact) mass is 571 g/mol. The predicted molar refractivity (Wildman–Crippen MR) is 135 cm³/mol. The zero-order valence-corrected chi connectivity index (χ0v) is 21.6. The van der Waals surface area contributed by atoms with E-state index in [1.807, 2.05) is 0 Å². The molecule has 0 bridgehead atoms. The van der Waals surface area contributed by atoms with Crippen molar-refractivity contribution in [2.45, 2.75) is 30.3 Å². The first-order valence-electron chi connectivity index (χ1n) is 11.7. The Bertz CT molecular complexity index is 1370. The molecule has 1 fully saturated rings. The number of hydrogen-bond donors (Lipinski definition) is 2. The molecular weight excluding hydrogens is 547 g/mol. The number of sulfonamides is 1. The summed E-state index contributed by atoms with van der Waals surface area (Å²) in [6, 6.07) is 10.8. The summed E-state index contributed by atoms with van der Waals surface area (Å²) in [5.41, 5.74) is -1.22. The molecule has 0 atom stereocenters. The normalized spacial score (nSPS) is 14.8. The van der Waals surface area contributed by atoms with Crippen LogP contribution in [0.2, 0.25) is 5.02 Å². The highest BCUT2D eigenvalue weighted by atomic mass is 35.5. The molecule has 9 nitrogen and oxygen atoms in total. The molecule has 3 aromatic rings. The van der Waals surface area contributed by atoms with Crippen molar-refractivity contribution >= 4 is 33.4 Å². The zero-order chi connectivity index (χ0) is 27.3. The summed E-state index contributed by atoms with van der Waals surface area (Å²) in [6.45, 7) is 2.66. The molecule has 0 unspecified atom stereocenters. The van der Waals surface area contributed by atoms with Crippen LogP contribution in [0.1, 0.15) is 25.0 Å². The van der Waals surface area contributed by atoms with Crippen LogP contribution in [0.4, 0.5) is 23.7 Å². The minimum absolute atomic E-state index is 0.0209. The molecule has 1 aliphatic rings. The van der Waals surface area contributed by atoms with Gasteiger partial charge in [-0.1, -0.05) is 24.1 Å². The van der Waals surface area contributed by atoms with E-state index in [0.29, 0.717) is 16.2 Å². The number of benzene rings is 2. The molecule has 4 rings (SSSR count). The molecule has 1 saturated heterocycles. The highest BCUT2D eigenvalue weighted by molar-refractivity contribution is 7.89. The predicted octanol–water partition coefficient (Wildman–Crippen LogP) is 4.92. The molecule has 14 heteroatoms. The highest BCUT2D eigenvalue weighted by Gasteiger charge is 2.40. The Labute approximate surface area is 222 Å². The van der Waals surface area contributed by atoms with Crippen molar-refractivity contribution in [2.75, 3.05) is 31.5 Å². The maximum atomic E-state index is 13.8. The number of hydrogen-bond acceptors (Lipinski definition) is 6. The van der Waals surface area contributed by atoms with Crippen LogP contribution in [0.15, 0.2) is 59.6 Å². The number of amides is 1. The number of rotatable bonds is 8. The van der Waals surface area contributed by atoms with Crippen molar-refractivity contribution in [3.05, 3.63) is 65.4 Å². The van der Waals surface area contributed by atoms with Crippen LogP contribution in [-0.2, 0) is 16.2 Å². The van der Waals surface area contributed by atoms with Gasteiger partial charge in [-0.05, 0) is 68.4 Å². The van der Waals surface area contributed by atoms with Gasteiger partial charge in [0.2, 0.25) is 10.0 Å². The smallest absolute Gasteiger partial charge is 0.406 e.